The van der Waals surface area contributed by atoms with Gasteiger partial charge < -0.3 is 10.2 Å². The summed E-state index contributed by atoms with van der Waals surface area (Å²) in [6, 6.07) is 14.3. The number of anilines is 1. The van der Waals surface area contributed by atoms with Crippen LogP contribution in [0.3, 0.4) is 0 Å². The summed E-state index contributed by atoms with van der Waals surface area (Å²) < 4.78 is 2.79. The first-order valence-electron chi connectivity index (χ1n) is 9.97. The molecule has 1 aliphatic carbocycles. The van der Waals surface area contributed by atoms with Crippen molar-refractivity contribution in [2.45, 2.75) is 31.7 Å². The van der Waals surface area contributed by atoms with Crippen molar-refractivity contribution in [3.8, 4) is 11.3 Å². The van der Waals surface area contributed by atoms with Gasteiger partial charge in [0.2, 0.25) is 0 Å². The van der Waals surface area contributed by atoms with Crippen LogP contribution in [0.4, 0.5) is 5.82 Å². The fourth-order valence-electron chi connectivity index (χ4n) is 3.84. The molecule has 0 saturated heterocycles. The first-order chi connectivity index (χ1) is 14.0. The van der Waals surface area contributed by atoms with Gasteiger partial charge in [0.1, 0.15) is 11.5 Å². The van der Waals surface area contributed by atoms with E-state index in [1.165, 1.54) is 25.7 Å². The number of nitrogens with one attached hydrogen (secondary N) is 1. The van der Waals surface area contributed by atoms with Crippen LogP contribution in [0.1, 0.15) is 36.0 Å². The number of carbonyl (C=O) groups excluding carboxylic acids is 1. The van der Waals surface area contributed by atoms with E-state index in [9.17, 15) is 4.79 Å². The monoisotopic (exact) mass is 452 g/mol. The number of nitrogens with zero attached hydrogens (tertiary/aromatic N) is 3. The van der Waals surface area contributed by atoms with Gasteiger partial charge in [-0.05, 0) is 31.0 Å². The summed E-state index contributed by atoms with van der Waals surface area (Å²) in [7, 11) is 3.80. The molecule has 3 aromatic rings. The van der Waals surface area contributed by atoms with Gasteiger partial charge in [-0.25, -0.2) is 4.52 Å². The first-order valence-corrected chi connectivity index (χ1v) is 10.8. The molecular formula is C23H25BrN4O. The molecule has 29 heavy (non-hydrogen) atoms. The highest BCUT2D eigenvalue weighted by Gasteiger charge is 2.23. The predicted octanol–water partition coefficient (Wildman–Crippen LogP) is 5.38. The number of halogens is 1. The first kappa shape index (κ1) is 19.7. The number of pyridine rings is 1. The summed E-state index contributed by atoms with van der Waals surface area (Å²) >= 11 is 3.62. The largest absolute Gasteiger partial charge is 0.383 e. The van der Waals surface area contributed by atoms with E-state index >= 15 is 0 Å². The van der Waals surface area contributed by atoms with Gasteiger partial charge in [0.25, 0.3) is 0 Å². The van der Waals surface area contributed by atoms with Crippen molar-refractivity contribution in [3.63, 3.8) is 0 Å². The molecule has 150 valence electrons. The van der Waals surface area contributed by atoms with Gasteiger partial charge in [-0.1, -0.05) is 53.0 Å². The van der Waals surface area contributed by atoms with E-state index in [0.717, 1.165) is 21.4 Å². The summed E-state index contributed by atoms with van der Waals surface area (Å²) in [4.78, 5) is 15.0. The van der Waals surface area contributed by atoms with Crippen LogP contribution >= 0.6 is 15.9 Å². The Bertz CT molecular complexity index is 1060. The van der Waals surface area contributed by atoms with Crippen molar-refractivity contribution in [2.24, 2.45) is 0 Å². The molecule has 0 bridgehead atoms. The van der Waals surface area contributed by atoms with Crippen LogP contribution < -0.4 is 5.32 Å². The van der Waals surface area contributed by atoms with Crippen LogP contribution in [-0.4, -0.2) is 40.4 Å². The fraction of sp³-hybridized carbons (Fsp3) is 0.304. The lowest BCUT2D eigenvalue weighted by atomic mass is 10.0. The quantitative estimate of drug-likeness (QED) is 0.403. The number of allylic oxidation sites excluding steroid dienone is 1. The lowest BCUT2D eigenvalue weighted by Crippen LogP contribution is -2.17. The Morgan fingerprint density at radius 2 is 1.93 bits per heavy atom. The summed E-state index contributed by atoms with van der Waals surface area (Å²) in [5.41, 5.74) is 3.02. The van der Waals surface area contributed by atoms with Crippen LogP contribution in [0.15, 0.2) is 59.2 Å². The van der Waals surface area contributed by atoms with Crippen LogP contribution in [0.25, 0.3) is 16.8 Å². The number of fused-ring (bicyclic) bond motifs is 1. The standard InChI is InChI=1S/C23H25BrN4O/c1-27(2)15-14-20(29)22-19-12-7-13-21(25-16-8-3-4-9-16)28(19)26-23(22)17-10-5-6-11-18(17)24/h5-7,10-16,25H,3-4,8-9H2,1-2H3/b15-14+. The Hall–Kier alpha value is -2.60. The van der Waals surface area contributed by atoms with Crippen molar-refractivity contribution >= 4 is 33.0 Å². The number of ketones is 1. The van der Waals surface area contributed by atoms with Crippen molar-refractivity contribution in [2.75, 3.05) is 19.4 Å². The van der Waals surface area contributed by atoms with E-state index in [2.05, 4.69) is 21.2 Å². The molecule has 2 heterocycles. The lowest BCUT2D eigenvalue weighted by molar-refractivity contribution is 0.104. The summed E-state index contributed by atoms with van der Waals surface area (Å²) in [6.07, 6.45) is 8.24. The predicted molar refractivity (Wildman–Crippen MR) is 121 cm³/mol. The van der Waals surface area contributed by atoms with Gasteiger partial charge in [-0.3, -0.25) is 4.79 Å². The molecule has 0 aliphatic heterocycles. The smallest absolute Gasteiger partial charge is 0.191 e. The van der Waals surface area contributed by atoms with Crippen molar-refractivity contribution in [1.29, 1.82) is 0 Å². The van der Waals surface area contributed by atoms with Crippen molar-refractivity contribution in [3.05, 3.63) is 64.8 Å². The zero-order valence-electron chi connectivity index (χ0n) is 16.7. The number of benzene rings is 1. The number of rotatable bonds is 6. The second-order valence-electron chi connectivity index (χ2n) is 7.68. The lowest BCUT2D eigenvalue weighted by Gasteiger charge is -2.14. The fourth-order valence-corrected chi connectivity index (χ4v) is 4.32. The van der Waals surface area contributed by atoms with E-state index in [0.29, 0.717) is 17.3 Å². The van der Waals surface area contributed by atoms with Gasteiger partial charge in [0, 0.05) is 42.4 Å². The van der Waals surface area contributed by atoms with Gasteiger partial charge in [0.05, 0.1) is 11.1 Å². The molecular weight excluding hydrogens is 428 g/mol. The SMILES string of the molecule is CN(C)/C=C/C(=O)c1c(-c2ccccc2Br)nn2c(NC3CCCC3)cccc12. The zero-order chi connectivity index (χ0) is 20.4. The molecule has 0 spiro atoms. The number of hydrogen-bond donors (Lipinski definition) is 1. The number of hydrogen-bond acceptors (Lipinski definition) is 4. The van der Waals surface area contributed by atoms with Gasteiger partial charge in [0.15, 0.2) is 5.78 Å². The molecule has 2 aromatic heterocycles. The molecule has 1 fully saturated rings. The average molecular weight is 453 g/mol. The molecule has 6 heteroatoms. The Morgan fingerprint density at radius 1 is 1.17 bits per heavy atom. The van der Waals surface area contributed by atoms with Gasteiger partial charge in [-0.15, -0.1) is 0 Å². The zero-order valence-corrected chi connectivity index (χ0v) is 18.3. The minimum atomic E-state index is -0.0579. The second kappa shape index (κ2) is 8.41. The minimum absolute atomic E-state index is 0.0579. The van der Waals surface area contributed by atoms with Gasteiger partial charge >= 0.3 is 0 Å². The third kappa shape index (κ3) is 4.08. The van der Waals surface area contributed by atoms with E-state index in [-0.39, 0.29) is 5.78 Å². The maximum atomic E-state index is 13.2. The highest BCUT2D eigenvalue weighted by Crippen LogP contribution is 2.34. The van der Waals surface area contributed by atoms with E-state index in [1.807, 2.05) is 66.0 Å². The van der Waals surface area contributed by atoms with Crippen LogP contribution in [0, 0.1) is 0 Å². The highest BCUT2D eigenvalue weighted by atomic mass is 79.9. The highest BCUT2D eigenvalue weighted by molar-refractivity contribution is 9.10. The summed E-state index contributed by atoms with van der Waals surface area (Å²) in [6.45, 7) is 0. The van der Waals surface area contributed by atoms with E-state index in [1.54, 1.807) is 12.3 Å². The molecule has 1 aliphatic rings. The van der Waals surface area contributed by atoms with Crippen LogP contribution in [0.5, 0.6) is 0 Å². The molecule has 0 amide bonds. The van der Waals surface area contributed by atoms with E-state index in [4.69, 9.17) is 5.10 Å². The molecule has 0 radical (unpaired) electrons. The van der Waals surface area contributed by atoms with Crippen LogP contribution in [-0.2, 0) is 0 Å². The van der Waals surface area contributed by atoms with Crippen molar-refractivity contribution < 1.29 is 4.79 Å². The second-order valence-corrected chi connectivity index (χ2v) is 8.54. The topological polar surface area (TPSA) is 49.6 Å². The summed E-state index contributed by atoms with van der Waals surface area (Å²) in [5.74, 6) is 0.871. The van der Waals surface area contributed by atoms with Crippen molar-refractivity contribution in [1.82, 2.24) is 14.5 Å². The molecule has 1 aromatic carbocycles. The van der Waals surface area contributed by atoms with E-state index < -0.39 is 0 Å². The molecule has 1 saturated carbocycles. The Kier molecular flexibility index (Phi) is 5.72. The molecule has 5 nitrogen and oxygen atoms in total. The van der Waals surface area contributed by atoms with Crippen LogP contribution in [0.2, 0.25) is 0 Å². The van der Waals surface area contributed by atoms with Gasteiger partial charge in [-0.2, -0.15) is 5.10 Å². The number of carbonyl (C=O) groups is 1. The minimum Gasteiger partial charge on any atom is -0.383 e. The Morgan fingerprint density at radius 3 is 2.66 bits per heavy atom. The molecule has 1 N–H and O–H groups in total. The normalized spacial score (nSPS) is 14.7. The Labute approximate surface area is 179 Å². The third-order valence-corrected chi connectivity index (χ3v) is 5.96. The average Bonchev–Trinajstić information content (AvgIpc) is 3.34. The maximum absolute atomic E-state index is 13.2. The molecule has 4 rings (SSSR count). The third-order valence-electron chi connectivity index (χ3n) is 5.26. The molecule has 0 atom stereocenters. The summed E-state index contributed by atoms with van der Waals surface area (Å²) in [5, 5.41) is 8.52. The molecule has 0 unspecified atom stereocenters. The maximum Gasteiger partial charge on any atom is 0.191 e. The Balaban J connectivity index is 1.88. The number of aromatic nitrogens is 2.